The van der Waals surface area contributed by atoms with Crippen molar-refractivity contribution in [1.29, 1.82) is 0 Å². The molecule has 0 bridgehead atoms. The number of allylic oxidation sites excluding steroid dienone is 1. The van der Waals surface area contributed by atoms with Crippen LogP contribution in [-0.2, 0) is 65.7 Å². The van der Waals surface area contributed by atoms with Crippen molar-refractivity contribution in [3.8, 4) is 0 Å². The van der Waals surface area contributed by atoms with E-state index in [4.69, 9.17) is 37.4 Å². The number of esters is 2. The maximum absolute atomic E-state index is 14.2. The molecule has 0 aliphatic heterocycles. The van der Waals surface area contributed by atoms with E-state index in [1.165, 1.54) is 17.7 Å². The van der Waals surface area contributed by atoms with Gasteiger partial charge in [0, 0.05) is 122 Å². The van der Waals surface area contributed by atoms with E-state index >= 15 is 0 Å². The molecule has 57 heavy (non-hydrogen) atoms. The number of aldehydes is 1. The first kappa shape index (κ1) is 66.9. The molecule has 2 heterocycles. The van der Waals surface area contributed by atoms with E-state index in [0.29, 0.717) is 42.2 Å². The quantitative estimate of drug-likeness (QED) is 0.0560. The summed E-state index contributed by atoms with van der Waals surface area (Å²) >= 11 is -12.0. The molecule has 2 rings (SSSR count). The molecule has 2 aromatic heterocycles. The second-order valence-corrected chi connectivity index (χ2v) is 16.7. The normalized spacial score (nSPS) is 11.5. The van der Waals surface area contributed by atoms with Crippen molar-refractivity contribution in [2.75, 3.05) is 13.2 Å². The van der Waals surface area contributed by atoms with Crippen LogP contribution in [-0.4, -0.2) is 143 Å². The average Bonchev–Trinajstić information content (AvgIpc) is 3.02. The molecule has 2 radical (unpaired) electrons. The van der Waals surface area contributed by atoms with Crippen molar-refractivity contribution in [3.05, 3.63) is 79.6 Å². The van der Waals surface area contributed by atoms with Gasteiger partial charge in [-0.2, -0.15) is 0 Å². The van der Waals surface area contributed by atoms with Gasteiger partial charge in [0.1, 0.15) is 38.5 Å². The molecule has 0 aromatic carbocycles. The number of aromatic nitrogens is 2. The van der Waals surface area contributed by atoms with Crippen LogP contribution >= 0.6 is 0 Å². The topological polar surface area (TPSA) is 274 Å². The summed E-state index contributed by atoms with van der Waals surface area (Å²) in [5.41, 5.74) is -0.181. The molecule has 2 atom stereocenters. The van der Waals surface area contributed by atoms with E-state index in [2.05, 4.69) is 6.58 Å². The van der Waals surface area contributed by atoms with Gasteiger partial charge in [-0.25, -0.2) is 18.4 Å². The van der Waals surface area contributed by atoms with Gasteiger partial charge in [-0.1, -0.05) is 33.8 Å². The predicted molar refractivity (Wildman–Crippen MR) is 179 cm³/mol. The van der Waals surface area contributed by atoms with Crippen LogP contribution in [0.2, 0.25) is 0 Å². The first-order chi connectivity index (χ1) is 24.7. The summed E-state index contributed by atoms with van der Waals surface area (Å²) in [5.74, 6) is -2.56. The van der Waals surface area contributed by atoms with Gasteiger partial charge in [0.15, 0.2) is 11.6 Å². The van der Waals surface area contributed by atoms with E-state index in [1.807, 2.05) is 27.7 Å². The molecule has 0 aliphatic carbocycles. The van der Waals surface area contributed by atoms with Crippen LogP contribution in [0.4, 0.5) is 8.78 Å². The zero-order chi connectivity index (χ0) is 42.7. The number of rotatable bonds is 14. The van der Waals surface area contributed by atoms with E-state index < -0.39 is 81.7 Å². The van der Waals surface area contributed by atoms with Crippen molar-refractivity contribution in [3.63, 3.8) is 0 Å². The summed E-state index contributed by atoms with van der Waals surface area (Å²) in [7, 11) is 0. The van der Waals surface area contributed by atoms with Crippen molar-refractivity contribution in [2.45, 2.75) is 93.2 Å². The van der Waals surface area contributed by atoms with Crippen LogP contribution in [0.5, 0.6) is 0 Å². The molecular weight excluding hydrogens is 1120 g/mol. The maximum atomic E-state index is 14.2. The summed E-state index contributed by atoms with van der Waals surface area (Å²) in [6.07, 6.45) is 6.39. The molecule has 2 aromatic rings. The zero-order valence-corrected chi connectivity index (χ0v) is 47.0. The summed E-state index contributed by atoms with van der Waals surface area (Å²) in [6, 6.07) is -1.71. The van der Waals surface area contributed by atoms with Crippen molar-refractivity contribution < 1.29 is 125 Å². The molecule has 2 unspecified atom stereocenters. The third kappa shape index (κ3) is 28.9. The molecule has 0 aliphatic rings. The van der Waals surface area contributed by atoms with Crippen LogP contribution < -0.4 is 74.5 Å². The SMILES string of the molecule is C=CCc1cn(C(CC(C)C)C(=O)OCC)c(=O)c(F)c1C.CCOC(=O)C(CC(C)C)n1cc(CC=O)c(C)c(F)c1=O.[K].[K].[Na+].[O-][I+3]([O-])([O-])[O-].[O]=[Os](=[O])(=[O])=[O]. The zero-order valence-electron chi connectivity index (χ0n) is 34.1. The van der Waals surface area contributed by atoms with Crippen LogP contribution in [0.1, 0.15) is 88.7 Å². The Morgan fingerprint density at radius 2 is 1.05 bits per heavy atom. The van der Waals surface area contributed by atoms with Crippen molar-refractivity contribution in [1.82, 2.24) is 9.13 Å². The third-order valence-corrected chi connectivity index (χ3v) is 6.90. The summed E-state index contributed by atoms with van der Waals surface area (Å²) in [6.45, 7) is 18.1. The number of hydrogen-bond donors (Lipinski definition) is 0. The van der Waals surface area contributed by atoms with Crippen LogP contribution in [0, 0.1) is 37.3 Å². The van der Waals surface area contributed by atoms with Gasteiger partial charge in [0.2, 0.25) is 0 Å². The Labute approximate surface area is 445 Å². The van der Waals surface area contributed by atoms with Crippen molar-refractivity contribution >= 4 is 121 Å². The minimum absolute atomic E-state index is 0. The fourth-order valence-electron chi connectivity index (χ4n) is 4.61. The second kappa shape index (κ2) is 33.4. The Bertz CT molecular complexity index is 1810. The van der Waals surface area contributed by atoms with Gasteiger partial charge < -0.3 is 14.3 Å². The number of halogens is 3. The van der Waals surface area contributed by atoms with Crippen LogP contribution in [0.3, 0.4) is 0 Å². The van der Waals surface area contributed by atoms with E-state index in [9.17, 15) is 32.8 Å². The standard InChI is InChI=1S/C17H24FNO3.C16H22FNO4.IO4.2K.Na.4O.Os/c1-6-8-13-10-19(16(20)15(18)12(13)5)14(9-11(3)4)17(21)22-7-2;1-5-22-16(21)13(8-10(2)3)18-9-12(6-7-19)11(4)14(17)15(18)20;2-1(3,4)5;;;;;;;;/h6,10-11,14H,1,7-9H2,2-5H3;7,9-10,13H,5-6,8H2,1-4H3;;;;;;;;;/q;;-1;;;+1;;;;;. The number of hydrogen-bond acceptors (Lipinski definition) is 15. The molecule has 0 amide bonds. The van der Waals surface area contributed by atoms with Crippen LogP contribution in [0.25, 0.3) is 0 Å². The first-order valence-electron chi connectivity index (χ1n) is 16.0. The van der Waals surface area contributed by atoms with Crippen LogP contribution in [0.15, 0.2) is 34.6 Å². The first-order valence-corrected chi connectivity index (χ1v) is 23.7. The number of ether oxygens (including phenoxy) is 2. The molecule has 0 spiro atoms. The summed E-state index contributed by atoms with van der Waals surface area (Å²) in [5, 5.41) is 0. The average molecular weight is 1170 g/mol. The molecule has 310 valence electrons. The molecule has 0 saturated heterocycles. The van der Waals surface area contributed by atoms with Gasteiger partial charge in [-0.05, 0) is 81.0 Å². The monoisotopic (exact) mass is 1170 g/mol. The Morgan fingerprint density at radius 3 is 1.28 bits per heavy atom. The Balaban J connectivity index is -0.000000245. The Morgan fingerprint density at radius 1 is 0.772 bits per heavy atom. The van der Waals surface area contributed by atoms with E-state index in [0.717, 1.165) is 4.57 Å². The Hall–Kier alpha value is 0.789. The molecule has 24 heteroatoms. The fraction of sp³-hybridized carbons (Fsp3) is 0.545. The minimum atomic E-state index is -6.06. The van der Waals surface area contributed by atoms with Gasteiger partial charge in [-0.15, -0.1) is 6.58 Å². The number of carbonyl (C=O) groups is 3. The van der Waals surface area contributed by atoms with Gasteiger partial charge in [-0.3, -0.25) is 32.5 Å². The van der Waals surface area contributed by atoms with E-state index in [-0.39, 0.29) is 169 Å². The van der Waals surface area contributed by atoms with Gasteiger partial charge in [0.25, 0.3) is 11.1 Å². The summed E-state index contributed by atoms with van der Waals surface area (Å²) < 4.78 is 110. The van der Waals surface area contributed by atoms with E-state index in [1.54, 1.807) is 33.0 Å². The fourth-order valence-corrected chi connectivity index (χ4v) is 4.61. The molecule has 0 N–H and O–H groups in total. The molecule has 17 nitrogen and oxygen atoms in total. The van der Waals surface area contributed by atoms with Crippen molar-refractivity contribution in [2.24, 2.45) is 11.8 Å². The Kier molecular flexibility index (Phi) is 39.1. The number of pyridine rings is 2. The molecule has 0 saturated carbocycles. The second-order valence-electron chi connectivity index (χ2n) is 12.0. The molecular formula is C33H46F2IK2N2NaO15Os. The summed E-state index contributed by atoms with van der Waals surface area (Å²) in [4.78, 5) is 59.4. The third-order valence-electron chi connectivity index (χ3n) is 6.90. The number of carbonyl (C=O) groups excluding carboxylic acids is 3. The van der Waals surface area contributed by atoms with Gasteiger partial charge in [0.05, 0.1) is 13.2 Å². The number of nitrogens with zero attached hydrogens (tertiary/aromatic N) is 2. The van der Waals surface area contributed by atoms with Gasteiger partial charge >= 0.3 is 70.5 Å². The molecule has 0 fully saturated rings. The predicted octanol–water partition coefficient (Wildman–Crippen LogP) is -6.63.